The van der Waals surface area contributed by atoms with Gasteiger partial charge in [0.2, 0.25) is 0 Å². The fraction of sp³-hybridized carbons (Fsp3) is 0.700. The van der Waals surface area contributed by atoms with Crippen LogP contribution in [0.3, 0.4) is 0 Å². The highest BCUT2D eigenvalue weighted by Crippen LogP contribution is 2.34. The van der Waals surface area contributed by atoms with Gasteiger partial charge < -0.3 is 4.74 Å². The lowest BCUT2D eigenvalue weighted by Crippen LogP contribution is -2.70. The highest BCUT2D eigenvalue weighted by atomic mass is 32.2. The smallest absolute Gasteiger partial charge is 0.305 e. The summed E-state index contributed by atoms with van der Waals surface area (Å²) in [6.45, 7) is 3.08. The first-order valence-corrected chi connectivity index (χ1v) is 11.3. The molecule has 0 N–H and O–H groups in total. The van der Waals surface area contributed by atoms with Crippen LogP contribution < -0.4 is 0 Å². The van der Waals surface area contributed by atoms with Gasteiger partial charge in [0.05, 0.1) is 53.0 Å². The molecule has 0 spiro atoms. The average molecular weight is 342 g/mol. The molecule has 25 heavy (non-hydrogen) atoms. The first-order chi connectivity index (χ1) is 11.8. The number of ether oxygens (including phenoxy) is 1. The van der Waals surface area contributed by atoms with Gasteiger partial charge in [-0.15, -0.1) is 17.7 Å². The van der Waals surface area contributed by atoms with E-state index in [1.54, 1.807) is 4.80 Å². The number of hydrogen-bond donors (Lipinski definition) is 0. The maximum atomic E-state index is 11.3. The molecule has 1 rings (SSSR count). The van der Waals surface area contributed by atoms with Crippen LogP contribution in [0.15, 0.2) is 10.8 Å². The second-order valence-electron chi connectivity index (χ2n) is 8.45. The van der Waals surface area contributed by atoms with Gasteiger partial charge in [-0.2, -0.15) is 0 Å². The third-order valence-electron chi connectivity index (χ3n) is 5.33. The van der Waals surface area contributed by atoms with E-state index in [1.165, 1.54) is 12.2 Å². The van der Waals surface area contributed by atoms with E-state index in [0.717, 1.165) is 51.4 Å². The summed E-state index contributed by atoms with van der Waals surface area (Å²) in [6.07, 6.45) is 7.65. The highest BCUT2D eigenvalue weighted by molar-refractivity contribution is 8.13. The van der Waals surface area contributed by atoms with Crippen molar-refractivity contribution >= 4 is 103 Å². The van der Waals surface area contributed by atoms with Crippen LogP contribution >= 0.6 is 11.8 Å². The molecule has 0 fully saturated rings. The Morgan fingerprint density at radius 3 is 2.24 bits per heavy atom. The van der Waals surface area contributed by atoms with Crippen molar-refractivity contribution in [1.82, 2.24) is 0 Å². The molecule has 0 aromatic heterocycles. The molecule has 1 aliphatic heterocycles. The molecule has 0 aliphatic carbocycles. The molecular formula is C10H28B12O2S. The number of hydrogen-bond acceptors (Lipinski definition) is 3. The standard InChI is InChI=1S/C10H28B12O2S/c1-2-24-10(23)6-4-3-5-7-25-9-8-17(9)21(18(11)12)22(19(13)14)20(15)16/h8H,2-7,11-16H2,1H3. The van der Waals surface area contributed by atoms with E-state index in [4.69, 9.17) is 4.74 Å². The normalized spacial score (nSPS) is 12.2. The van der Waals surface area contributed by atoms with Crippen LogP contribution in [0.25, 0.3) is 0 Å². The lowest BCUT2D eigenvalue weighted by molar-refractivity contribution is -0.143. The Labute approximate surface area is 167 Å². The second-order valence-corrected chi connectivity index (χ2v) is 9.61. The summed E-state index contributed by atoms with van der Waals surface area (Å²) < 4.78 is 4.97. The predicted molar refractivity (Wildman–Crippen MR) is 141 cm³/mol. The van der Waals surface area contributed by atoms with Crippen molar-refractivity contribution in [3.63, 3.8) is 0 Å². The zero-order chi connectivity index (χ0) is 19.0. The maximum Gasteiger partial charge on any atom is 0.305 e. The van der Waals surface area contributed by atoms with Gasteiger partial charge in [-0.25, -0.2) is 0 Å². The van der Waals surface area contributed by atoms with Gasteiger partial charge in [-0.1, -0.05) is 11.2 Å². The van der Waals surface area contributed by atoms with Crippen LogP contribution in [0.1, 0.15) is 32.6 Å². The Bertz CT molecular complexity index is 440. The van der Waals surface area contributed by atoms with Gasteiger partial charge in [0.15, 0.2) is 6.60 Å². The van der Waals surface area contributed by atoms with E-state index >= 15 is 0 Å². The summed E-state index contributed by atoms with van der Waals surface area (Å²) >= 11 is 2.05. The Morgan fingerprint density at radius 2 is 1.72 bits per heavy atom. The summed E-state index contributed by atoms with van der Waals surface area (Å²) in [5.74, 6) is 3.64. The van der Waals surface area contributed by atoms with Crippen molar-refractivity contribution in [2.75, 3.05) is 12.4 Å². The zero-order valence-electron chi connectivity index (χ0n) is 17.5. The Morgan fingerprint density at radius 1 is 1.08 bits per heavy atom. The molecule has 1 heterocycles. The Balaban J connectivity index is 2.30. The molecule has 0 atom stereocenters. The van der Waals surface area contributed by atoms with Crippen LogP contribution in [-0.2, 0) is 9.53 Å². The van der Waals surface area contributed by atoms with Crippen molar-refractivity contribution in [3.05, 3.63) is 10.8 Å². The van der Waals surface area contributed by atoms with Crippen LogP contribution in [0.2, 0.25) is 0 Å². The number of carbonyl (C=O) groups is 1. The van der Waals surface area contributed by atoms with Crippen LogP contribution in [-0.4, -0.2) is 103 Å². The molecule has 122 valence electrons. The Kier molecular flexibility index (Phi) is 11.2. The highest BCUT2D eigenvalue weighted by Gasteiger charge is 2.47. The van der Waals surface area contributed by atoms with Crippen molar-refractivity contribution in [3.8, 4) is 0 Å². The molecule has 0 aromatic carbocycles. The van der Waals surface area contributed by atoms with Crippen molar-refractivity contribution in [2.45, 2.75) is 32.6 Å². The summed E-state index contributed by atoms with van der Waals surface area (Å²) in [4.78, 5) is 12.9. The third kappa shape index (κ3) is 8.26. The molecule has 0 saturated carbocycles. The molecular weight excluding hydrogens is 314 g/mol. The first-order valence-electron chi connectivity index (χ1n) is 10.3. The number of rotatable bonds is 13. The lowest BCUT2D eigenvalue weighted by Gasteiger charge is -2.30. The van der Waals surface area contributed by atoms with Gasteiger partial charge in [0.1, 0.15) is 0 Å². The van der Waals surface area contributed by atoms with E-state index in [1.807, 2.05) is 6.92 Å². The number of carbonyl (C=O) groups excluding carboxylic acids is 1. The SMILES string of the molecule is BB(B)B(B(B)B)B(B(B)B)B1C=C1SCCCCCC(=O)OCC. The van der Waals surface area contributed by atoms with Crippen LogP contribution in [0.4, 0.5) is 0 Å². The number of unbranched alkanes of at least 4 members (excludes halogenated alkanes) is 2. The van der Waals surface area contributed by atoms with Crippen LogP contribution in [0, 0.1) is 0 Å². The summed E-state index contributed by atoms with van der Waals surface area (Å²) in [5.41, 5.74) is 0. The van der Waals surface area contributed by atoms with E-state index < -0.39 is 0 Å². The molecule has 0 aromatic rings. The average Bonchev–Trinajstić information content (AvgIpc) is 3.26. The summed E-state index contributed by atoms with van der Waals surface area (Å²) in [5, 5.41) is 0. The third-order valence-corrected chi connectivity index (χ3v) is 6.57. The van der Waals surface area contributed by atoms with Crippen molar-refractivity contribution in [1.29, 1.82) is 0 Å². The second kappa shape index (κ2) is 11.9. The topological polar surface area (TPSA) is 26.3 Å². The fourth-order valence-electron chi connectivity index (χ4n) is 4.30. The first kappa shape index (κ1) is 23.4. The number of thioether (sulfide) groups is 1. The van der Waals surface area contributed by atoms with Gasteiger partial charge in [-0.3, -0.25) is 4.79 Å². The maximum absolute atomic E-state index is 11.3. The van der Waals surface area contributed by atoms with E-state index in [2.05, 4.69) is 64.2 Å². The van der Waals surface area contributed by atoms with E-state index in [9.17, 15) is 4.79 Å². The monoisotopic (exact) mass is 344 g/mol. The van der Waals surface area contributed by atoms with Crippen LogP contribution in [0.5, 0.6) is 0 Å². The molecule has 0 saturated heterocycles. The molecule has 1 aliphatic rings. The van der Waals surface area contributed by atoms with Gasteiger partial charge >= 0.3 is 5.97 Å². The zero-order valence-corrected chi connectivity index (χ0v) is 18.3. The van der Waals surface area contributed by atoms with E-state index in [0.29, 0.717) is 13.0 Å². The van der Waals surface area contributed by atoms with Gasteiger partial charge in [0, 0.05) is 38.3 Å². The summed E-state index contributed by atoms with van der Waals surface area (Å²) in [7, 11) is 14.3. The summed E-state index contributed by atoms with van der Waals surface area (Å²) in [6, 6.07) is 0. The predicted octanol–water partition coefficient (Wildman–Crippen LogP) is -5.04. The Hall–Kier alpha value is 0.339. The quantitative estimate of drug-likeness (QED) is 0.191. The molecule has 15 heteroatoms. The van der Waals surface area contributed by atoms with Crippen molar-refractivity contribution < 1.29 is 9.53 Å². The van der Waals surface area contributed by atoms with Gasteiger partial charge in [-0.05, 0) is 25.5 Å². The van der Waals surface area contributed by atoms with E-state index in [-0.39, 0.29) is 5.97 Å². The lowest BCUT2D eigenvalue weighted by atomic mass is 8.50. The minimum atomic E-state index is -0.0479. The fourth-order valence-corrected chi connectivity index (χ4v) is 5.48. The molecule has 0 amide bonds. The van der Waals surface area contributed by atoms with Crippen molar-refractivity contribution in [2.24, 2.45) is 0 Å². The molecule has 0 bridgehead atoms. The minimum Gasteiger partial charge on any atom is -0.466 e. The minimum absolute atomic E-state index is 0.0479. The molecule has 0 unspecified atom stereocenters. The van der Waals surface area contributed by atoms with Gasteiger partial charge in [0.25, 0.3) is 0 Å². The molecule has 2 nitrogen and oxygen atoms in total. The largest absolute Gasteiger partial charge is 0.466 e. The number of esters is 1. The molecule has 0 radical (unpaired) electrons.